The Bertz CT molecular complexity index is 437. The first-order valence-corrected chi connectivity index (χ1v) is 4.18. The fourth-order valence-corrected chi connectivity index (χ4v) is 1.34. The molecule has 0 atom stereocenters. The minimum atomic E-state index is -2.95. The van der Waals surface area contributed by atoms with Crippen molar-refractivity contribution in [3.8, 4) is 5.75 Å². The number of halogens is 1. The van der Waals surface area contributed by atoms with Crippen molar-refractivity contribution in [3.63, 3.8) is 0 Å². The molecule has 5 heteroatoms. The van der Waals surface area contributed by atoms with Gasteiger partial charge >= 0.3 is 7.12 Å². The van der Waals surface area contributed by atoms with Crippen molar-refractivity contribution < 1.29 is 21.6 Å². The number of hydrogen-bond donors (Lipinski definition) is 2. The maximum Gasteiger partial charge on any atom is 0.488 e. The summed E-state index contributed by atoms with van der Waals surface area (Å²) in [6.45, 7) is -5.82. The molecule has 0 saturated carbocycles. The molecule has 1 rings (SSSR count). The van der Waals surface area contributed by atoms with Gasteiger partial charge in [0, 0.05) is 8.58 Å². The molecule has 3 nitrogen and oxygen atoms in total. The van der Waals surface area contributed by atoms with Crippen molar-refractivity contribution in [1.82, 2.24) is 0 Å². The van der Waals surface area contributed by atoms with E-state index in [1.165, 1.54) is 12.1 Å². The lowest BCUT2D eigenvalue weighted by molar-refractivity contribution is 0.340. The van der Waals surface area contributed by atoms with Crippen LogP contribution in [0.15, 0.2) is 22.7 Å². The van der Waals surface area contributed by atoms with E-state index in [0.717, 1.165) is 6.07 Å². The predicted octanol–water partition coefficient (Wildman–Crippen LogP) is 0.528. The summed E-state index contributed by atoms with van der Waals surface area (Å²) in [6.07, 6.45) is 0. The van der Waals surface area contributed by atoms with Crippen LogP contribution in [0, 0.1) is 0 Å². The topological polar surface area (TPSA) is 49.7 Å². The van der Waals surface area contributed by atoms with E-state index in [0.29, 0.717) is 4.47 Å². The quantitative estimate of drug-likeness (QED) is 0.769. The maximum absolute atomic E-state index is 9.01. The van der Waals surface area contributed by atoms with E-state index in [2.05, 4.69) is 15.9 Å². The summed E-state index contributed by atoms with van der Waals surface area (Å²) in [5.41, 5.74) is 0.0562. The predicted molar refractivity (Wildman–Crippen MR) is 55.1 cm³/mol. The standard InChI is InChI=1S/C8H10BBrO3/c1-2-13-8-4-6(9(11)12)3-7(10)5-8/h3-5,11-12H,2H2,1H3/i1D3,2D2. The first kappa shape index (κ1) is 5.39. The van der Waals surface area contributed by atoms with Crippen LogP contribution < -0.4 is 10.2 Å². The van der Waals surface area contributed by atoms with Gasteiger partial charge in [0.2, 0.25) is 0 Å². The van der Waals surface area contributed by atoms with E-state index in [1.54, 1.807) is 0 Å². The van der Waals surface area contributed by atoms with Gasteiger partial charge in [-0.3, -0.25) is 0 Å². The Morgan fingerprint density at radius 2 is 2.38 bits per heavy atom. The van der Waals surface area contributed by atoms with Crippen LogP contribution in [0.3, 0.4) is 0 Å². The molecule has 0 amide bonds. The van der Waals surface area contributed by atoms with Gasteiger partial charge in [-0.05, 0) is 30.5 Å². The van der Waals surface area contributed by atoms with Crippen LogP contribution in [-0.4, -0.2) is 23.7 Å². The molecular formula is C8H10BBrO3. The third-order valence-electron chi connectivity index (χ3n) is 1.36. The van der Waals surface area contributed by atoms with Gasteiger partial charge in [-0.1, -0.05) is 15.9 Å². The Morgan fingerprint density at radius 1 is 1.62 bits per heavy atom. The van der Waals surface area contributed by atoms with Crippen LogP contribution >= 0.6 is 15.9 Å². The lowest BCUT2D eigenvalue weighted by Gasteiger charge is -2.06. The average molecular weight is 250 g/mol. The molecule has 0 fully saturated rings. The summed E-state index contributed by atoms with van der Waals surface area (Å²) in [7, 11) is -1.76. The highest BCUT2D eigenvalue weighted by Crippen LogP contribution is 2.16. The van der Waals surface area contributed by atoms with Crippen molar-refractivity contribution in [2.75, 3.05) is 6.56 Å². The molecule has 0 radical (unpaired) electrons. The molecule has 0 heterocycles. The Morgan fingerprint density at radius 3 is 3.00 bits per heavy atom. The zero-order chi connectivity index (χ0) is 14.1. The smallest absolute Gasteiger partial charge is 0.488 e. The summed E-state index contributed by atoms with van der Waals surface area (Å²) < 4.78 is 40.8. The van der Waals surface area contributed by atoms with Crippen LogP contribution in [0.1, 0.15) is 13.7 Å². The molecule has 0 saturated heterocycles. The fourth-order valence-electron chi connectivity index (χ4n) is 0.851. The minimum Gasteiger partial charge on any atom is -0.494 e. The van der Waals surface area contributed by atoms with E-state index >= 15 is 0 Å². The zero-order valence-corrected chi connectivity index (χ0v) is 8.08. The summed E-state index contributed by atoms with van der Waals surface area (Å²) in [5, 5.41) is 18.0. The molecule has 2 N–H and O–H groups in total. The van der Waals surface area contributed by atoms with Crippen molar-refractivity contribution in [2.24, 2.45) is 0 Å². The third-order valence-corrected chi connectivity index (χ3v) is 1.82. The SMILES string of the molecule is [2H]C([2H])([2H])C([2H])([2H])Oc1cc(Br)cc(B(O)O)c1. The summed E-state index contributed by atoms with van der Waals surface area (Å²) in [5.74, 6) is -0.117. The Labute approximate surface area is 92.6 Å². The Kier molecular flexibility index (Phi) is 1.93. The van der Waals surface area contributed by atoms with Crippen molar-refractivity contribution in [1.29, 1.82) is 0 Å². The summed E-state index contributed by atoms with van der Waals surface area (Å²) in [6, 6.07) is 3.87. The number of ether oxygens (including phenoxy) is 1. The molecule has 70 valence electrons. The third kappa shape index (κ3) is 3.02. The zero-order valence-electron chi connectivity index (χ0n) is 11.5. The molecule has 1 aromatic rings. The van der Waals surface area contributed by atoms with Crippen LogP contribution in [0.2, 0.25) is 0 Å². The van der Waals surface area contributed by atoms with E-state index in [9.17, 15) is 0 Å². The Balaban J connectivity index is 3.05. The second-order valence-corrected chi connectivity index (χ2v) is 3.21. The molecule has 0 aromatic heterocycles. The van der Waals surface area contributed by atoms with Crippen LogP contribution in [-0.2, 0) is 0 Å². The normalized spacial score (nSPS) is 17.6. The fraction of sp³-hybridized carbons (Fsp3) is 0.250. The van der Waals surface area contributed by atoms with Crippen LogP contribution in [0.4, 0.5) is 0 Å². The second-order valence-electron chi connectivity index (χ2n) is 2.30. The first-order valence-electron chi connectivity index (χ1n) is 5.88. The van der Waals surface area contributed by atoms with Gasteiger partial charge in [-0.15, -0.1) is 0 Å². The highest BCUT2D eigenvalue weighted by molar-refractivity contribution is 9.10. The molecule has 0 bridgehead atoms. The molecular weight excluding hydrogens is 235 g/mol. The minimum absolute atomic E-state index is 0.0562. The van der Waals surface area contributed by atoms with Crippen molar-refractivity contribution >= 4 is 28.5 Å². The van der Waals surface area contributed by atoms with Crippen LogP contribution in [0.25, 0.3) is 0 Å². The van der Waals surface area contributed by atoms with Gasteiger partial charge in [0.05, 0.1) is 9.30 Å². The lowest BCUT2D eigenvalue weighted by atomic mass is 9.80. The maximum atomic E-state index is 9.01. The molecule has 0 spiro atoms. The van der Waals surface area contributed by atoms with Gasteiger partial charge in [0.25, 0.3) is 0 Å². The number of benzene rings is 1. The molecule has 0 aliphatic carbocycles. The molecule has 13 heavy (non-hydrogen) atoms. The van der Waals surface area contributed by atoms with E-state index in [4.69, 9.17) is 21.6 Å². The number of rotatable bonds is 3. The first-order chi connectivity index (χ1) is 8.03. The highest BCUT2D eigenvalue weighted by Gasteiger charge is 2.12. The van der Waals surface area contributed by atoms with Crippen LogP contribution in [0.5, 0.6) is 5.75 Å². The second kappa shape index (κ2) is 4.65. The Hall–Kier alpha value is -0.515. The molecule has 0 unspecified atom stereocenters. The van der Waals surface area contributed by atoms with E-state index in [1.807, 2.05) is 0 Å². The monoisotopic (exact) mass is 249 g/mol. The lowest BCUT2D eigenvalue weighted by Crippen LogP contribution is -2.29. The largest absolute Gasteiger partial charge is 0.494 e. The summed E-state index contributed by atoms with van der Waals surface area (Å²) >= 11 is 3.07. The average Bonchev–Trinajstić information content (AvgIpc) is 2.13. The van der Waals surface area contributed by atoms with Crippen molar-refractivity contribution in [2.45, 2.75) is 6.85 Å². The van der Waals surface area contributed by atoms with Gasteiger partial charge < -0.3 is 14.8 Å². The van der Waals surface area contributed by atoms with E-state index < -0.39 is 20.5 Å². The van der Waals surface area contributed by atoms with Crippen molar-refractivity contribution in [3.05, 3.63) is 22.7 Å². The highest BCUT2D eigenvalue weighted by atomic mass is 79.9. The van der Waals surface area contributed by atoms with Gasteiger partial charge in [-0.25, -0.2) is 0 Å². The number of hydrogen-bond acceptors (Lipinski definition) is 3. The van der Waals surface area contributed by atoms with E-state index in [-0.39, 0.29) is 11.2 Å². The van der Waals surface area contributed by atoms with Gasteiger partial charge in [-0.2, -0.15) is 0 Å². The summed E-state index contributed by atoms with van der Waals surface area (Å²) in [4.78, 5) is 0. The van der Waals surface area contributed by atoms with Gasteiger partial charge in [0.1, 0.15) is 5.75 Å². The molecule has 0 aliphatic heterocycles. The molecule has 1 aromatic carbocycles. The van der Waals surface area contributed by atoms with Gasteiger partial charge in [0.15, 0.2) is 0 Å². The molecule has 0 aliphatic rings.